The van der Waals surface area contributed by atoms with Crippen molar-refractivity contribution in [2.75, 3.05) is 31.1 Å². The van der Waals surface area contributed by atoms with Crippen LogP contribution in [0.4, 0.5) is 10.1 Å². The third-order valence-corrected chi connectivity index (χ3v) is 4.40. The van der Waals surface area contributed by atoms with Crippen LogP contribution < -0.4 is 4.90 Å². The number of hydrogen-bond acceptors (Lipinski definition) is 3. The number of nitrogens with zero attached hydrogens (tertiary/aromatic N) is 3. The molecule has 0 bridgehead atoms. The lowest BCUT2D eigenvalue weighted by Crippen LogP contribution is -2.48. The summed E-state index contributed by atoms with van der Waals surface area (Å²) in [4.78, 5) is 16.4. The van der Waals surface area contributed by atoms with Crippen LogP contribution in [0.3, 0.4) is 0 Å². The van der Waals surface area contributed by atoms with Crippen LogP contribution in [0, 0.1) is 17.1 Å². The predicted molar refractivity (Wildman–Crippen MR) is 90.7 cm³/mol. The molecule has 1 fully saturated rings. The van der Waals surface area contributed by atoms with Gasteiger partial charge in [0.05, 0.1) is 22.2 Å². The van der Waals surface area contributed by atoms with Crippen molar-refractivity contribution in [2.24, 2.45) is 0 Å². The molecule has 0 aliphatic carbocycles. The van der Waals surface area contributed by atoms with E-state index in [-0.39, 0.29) is 10.9 Å². The second-order valence-corrected chi connectivity index (χ2v) is 5.97. The van der Waals surface area contributed by atoms with Gasteiger partial charge in [-0.2, -0.15) is 5.26 Å². The Morgan fingerprint density at radius 3 is 2.33 bits per heavy atom. The molecule has 6 heteroatoms. The number of rotatable bonds is 2. The van der Waals surface area contributed by atoms with Crippen LogP contribution in [0.15, 0.2) is 42.5 Å². The van der Waals surface area contributed by atoms with Gasteiger partial charge in [-0.3, -0.25) is 4.79 Å². The number of hydrogen-bond donors (Lipinski definition) is 0. The van der Waals surface area contributed by atoms with Gasteiger partial charge in [-0.15, -0.1) is 0 Å². The van der Waals surface area contributed by atoms with Crippen LogP contribution in [0.25, 0.3) is 0 Å². The van der Waals surface area contributed by atoms with Crippen molar-refractivity contribution < 1.29 is 9.18 Å². The molecule has 0 aromatic heterocycles. The van der Waals surface area contributed by atoms with Crippen molar-refractivity contribution in [3.05, 3.63) is 64.4 Å². The molecule has 0 radical (unpaired) electrons. The van der Waals surface area contributed by atoms with E-state index >= 15 is 0 Å². The summed E-state index contributed by atoms with van der Waals surface area (Å²) in [5, 5.41) is 8.97. The van der Waals surface area contributed by atoms with Gasteiger partial charge in [-0.25, -0.2) is 4.39 Å². The molecule has 2 aromatic rings. The smallest absolute Gasteiger partial charge is 0.255 e. The zero-order chi connectivity index (χ0) is 17.1. The van der Waals surface area contributed by atoms with Gasteiger partial charge in [-0.1, -0.05) is 11.6 Å². The maximum atomic E-state index is 13.1. The molecule has 0 N–H and O–H groups in total. The van der Waals surface area contributed by atoms with E-state index < -0.39 is 5.82 Å². The number of carbonyl (C=O) groups excluding carboxylic acids is 1. The first-order valence-electron chi connectivity index (χ1n) is 7.58. The molecule has 1 saturated heterocycles. The number of nitriles is 1. The van der Waals surface area contributed by atoms with Crippen molar-refractivity contribution in [2.45, 2.75) is 0 Å². The van der Waals surface area contributed by atoms with Crippen molar-refractivity contribution >= 4 is 23.2 Å². The van der Waals surface area contributed by atoms with Gasteiger partial charge in [0.1, 0.15) is 5.82 Å². The Balaban J connectivity index is 1.66. The summed E-state index contributed by atoms with van der Waals surface area (Å²) < 4.78 is 13.1. The van der Waals surface area contributed by atoms with Crippen molar-refractivity contribution in [3.63, 3.8) is 0 Å². The third kappa shape index (κ3) is 3.34. The highest BCUT2D eigenvalue weighted by molar-refractivity contribution is 6.33. The van der Waals surface area contributed by atoms with Gasteiger partial charge < -0.3 is 9.80 Å². The molecule has 0 atom stereocenters. The molecule has 1 amide bonds. The average Bonchev–Trinajstić information content (AvgIpc) is 2.61. The zero-order valence-electron chi connectivity index (χ0n) is 12.9. The first-order chi connectivity index (χ1) is 11.6. The Kier molecular flexibility index (Phi) is 4.68. The average molecular weight is 344 g/mol. The highest BCUT2D eigenvalue weighted by atomic mass is 35.5. The lowest BCUT2D eigenvalue weighted by Gasteiger charge is -2.36. The minimum Gasteiger partial charge on any atom is -0.368 e. The van der Waals surface area contributed by atoms with Gasteiger partial charge >= 0.3 is 0 Å². The largest absolute Gasteiger partial charge is 0.368 e. The van der Waals surface area contributed by atoms with E-state index in [1.165, 1.54) is 12.1 Å². The van der Waals surface area contributed by atoms with Crippen LogP contribution in [0.5, 0.6) is 0 Å². The van der Waals surface area contributed by atoms with Crippen molar-refractivity contribution in [3.8, 4) is 6.07 Å². The van der Waals surface area contributed by atoms with Crippen LogP contribution in [-0.4, -0.2) is 37.0 Å². The first kappa shape index (κ1) is 16.3. The maximum absolute atomic E-state index is 13.1. The quantitative estimate of drug-likeness (QED) is 0.840. The van der Waals surface area contributed by atoms with Gasteiger partial charge in [0, 0.05) is 31.9 Å². The molecule has 1 aliphatic rings. The minimum atomic E-state index is -0.456. The third-order valence-electron chi connectivity index (χ3n) is 4.09. The Hall–Kier alpha value is -2.58. The number of anilines is 1. The number of carbonyl (C=O) groups is 1. The number of halogens is 2. The lowest BCUT2D eigenvalue weighted by atomic mass is 10.1. The fourth-order valence-corrected chi connectivity index (χ4v) is 3.00. The van der Waals surface area contributed by atoms with E-state index in [1.54, 1.807) is 17.0 Å². The van der Waals surface area contributed by atoms with E-state index in [0.29, 0.717) is 37.3 Å². The Morgan fingerprint density at radius 1 is 1.08 bits per heavy atom. The molecule has 1 aliphatic heterocycles. The molecule has 3 rings (SSSR count). The van der Waals surface area contributed by atoms with Crippen molar-refractivity contribution in [1.29, 1.82) is 5.26 Å². The first-order valence-corrected chi connectivity index (χ1v) is 7.96. The predicted octanol–water partition coefficient (Wildman–Crippen LogP) is 3.31. The summed E-state index contributed by atoms with van der Waals surface area (Å²) in [6.07, 6.45) is 0. The zero-order valence-corrected chi connectivity index (χ0v) is 13.6. The second kappa shape index (κ2) is 6.90. The second-order valence-electron chi connectivity index (χ2n) is 5.56. The van der Waals surface area contributed by atoms with Gasteiger partial charge in [0.15, 0.2) is 0 Å². The molecule has 0 spiro atoms. The monoisotopic (exact) mass is 343 g/mol. The van der Waals surface area contributed by atoms with Crippen molar-refractivity contribution in [1.82, 2.24) is 4.90 Å². The topological polar surface area (TPSA) is 47.3 Å². The summed E-state index contributed by atoms with van der Waals surface area (Å²) in [5.74, 6) is -0.637. The number of amides is 1. The summed E-state index contributed by atoms with van der Waals surface area (Å²) in [6, 6.07) is 13.3. The molecule has 0 saturated carbocycles. The highest BCUT2D eigenvalue weighted by Gasteiger charge is 2.23. The molecular formula is C18H15ClFN3O. The Bertz CT molecular complexity index is 793. The van der Waals surface area contributed by atoms with E-state index in [2.05, 4.69) is 11.0 Å². The molecule has 2 aromatic carbocycles. The molecule has 122 valence electrons. The van der Waals surface area contributed by atoms with E-state index in [0.717, 1.165) is 11.8 Å². The normalized spacial score (nSPS) is 14.4. The summed E-state index contributed by atoms with van der Waals surface area (Å²) in [6.45, 7) is 2.51. The maximum Gasteiger partial charge on any atom is 0.255 e. The van der Waals surface area contributed by atoms with E-state index in [4.69, 9.17) is 16.9 Å². The molecule has 0 unspecified atom stereocenters. The summed E-state index contributed by atoms with van der Waals surface area (Å²) in [7, 11) is 0. The van der Waals surface area contributed by atoms with Gasteiger partial charge in [0.25, 0.3) is 5.91 Å². The number of benzene rings is 2. The van der Waals surface area contributed by atoms with Crippen LogP contribution >= 0.6 is 11.6 Å². The molecule has 24 heavy (non-hydrogen) atoms. The Labute approximate surface area is 144 Å². The van der Waals surface area contributed by atoms with Crippen LogP contribution in [-0.2, 0) is 0 Å². The fourth-order valence-electron chi connectivity index (χ4n) is 2.75. The standard InChI is InChI=1S/C18H15ClFN3O/c19-17-11-14(20)3-6-16(17)18(24)23-9-7-22(8-10-23)15-4-1-13(12-21)2-5-15/h1-6,11H,7-10H2. The lowest BCUT2D eigenvalue weighted by molar-refractivity contribution is 0.0747. The highest BCUT2D eigenvalue weighted by Crippen LogP contribution is 2.21. The molecule has 4 nitrogen and oxygen atoms in total. The Morgan fingerprint density at radius 2 is 1.75 bits per heavy atom. The van der Waals surface area contributed by atoms with Crippen LogP contribution in [0.1, 0.15) is 15.9 Å². The van der Waals surface area contributed by atoms with Crippen LogP contribution in [0.2, 0.25) is 5.02 Å². The van der Waals surface area contributed by atoms with Gasteiger partial charge in [-0.05, 0) is 42.5 Å². The van der Waals surface area contributed by atoms with Gasteiger partial charge in [0.2, 0.25) is 0 Å². The SMILES string of the molecule is N#Cc1ccc(N2CCN(C(=O)c3ccc(F)cc3Cl)CC2)cc1. The molecule has 1 heterocycles. The molecular weight excluding hydrogens is 329 g/mol. The van der Waals surface area contributed by atoms with E-state index in [9.17, 15) is 9.18 Å². The van der Waals surface area contributed by atoms with E-state index in [1.807, 2.05) is 12.1 Å². The minimum absolute atomic E-state index is 0.134. The number of piperazine rings is 1. The summed E-state index contributed by atoms with van der Waals surface area (Å²) in [5.41, 5.74) is 1.98. The fraction of sp³-hybridized carbons (Fsp3) is 0.222. The summed E-state index contributed by atoms with van der Waals surface area (Å²) >= 11 is 5.97.